The van der Waals surface area contributed by atoms with E-state index in [1.807, 2.05) is 11.3 Å². The molecule has 6 heteroatoms. The molecule has 0 aliphatic heterocycles. The summed E-state index contributed by atoms with van der Waals surface area (Å²) in [5.41, 5.74) is 8.52. The highest BCUT2D eigenvalue weighted by Crippen LogP contribution is 2.48. The van der Waals surface area contributed by atoms with Gasteiger partial charge in [-0.05, 0) is 87.6 Å². The normalized spacial score (nSPS) is 12.4. The van der Waals surface area contributed by atoms with Gasteiger partial charge < -0.3 is 4.57 Å². The van der Waals surface area contributed by atoms with E-state index in [4.69, 9.17) is 9.97 Å². The molecule has 0 amide bonds. The molecule has 296 valence electrons. The van der Waals surface area contributed by atoms with Crippen LogP contribution in [0.3, 0.4) is 0 Å². The molecule has 15 aromatic rings. The van der Waals surface area contributed by atoms with Crippen molar-refractivity contribution in [3.8, 4) is 22.8 Å². The summed E-state index contributed by atoms with van der Waals surface area (Å²) in [5, 5.41) is 16.1. The zero-order valence-electron chi connectivity index (χ0n) is 34.1. The highest BCUT2D eigenvalue weighted by Gasteiger charge is 2.24. The van der Waals surface area contributed by atoms with Crippen LogP contribution in [0.4, 0.5) is 0 Å². The minimum absolute atomic E-state index is 0.828. The minimum Gasteiger partial charge on any atom is -0.309 e. The van der Waals surface area contributed by atoms with Gasteiger partial charge in [0, 0.05) is 68.4 Å². The van der Waals surface area contributed by atoms with E-state index in [-0.39, 0.29) is 0 Å². The highest BCUT2D eigenvalue weighted by molar-refractivity contribution is 7.27. The molecule has 0 radical (unpaired) electrons. The molecule has 0 unspecified atom stereocenters. The van der Waals surface area contributed by atoms with Gasteiger partial charge in [-0.15, -0.1) is 22.7 Å². The Hall–Kier alpha value is -7.90. The molecule has 0 atom stereocenters. The van der Waals surface area contributed by atoms with Crippen molar-refractivity contribution in [1.82, 2.24) is 19.1 Å². The lowest BCUT2D eigenvalue weighted by atomic mass is 9.97. The molecule has 0 saturated carbocycles. The van der Waals surface area contributed by atoms with Crippen molar-refractivity contribution in [2.24, 2.45) is 0 Å². The smallest absolute Gasteiger partial charge is 0.165 e. The average Bonchev–Trinajstić information content (AvgIpc) is 4.09. The lowest BCUT2D eigenvalue weighted by Gasteiger charge is -2.13. The molecule has 5 aromatic heterocycles. The average molecular weight is 849 g/mol. The second kappa shape index (κ2) is 12.8. The van der Waals surface area contributed by atoms with Gasteiger partial charge in [0.15, 0.2) is 5.82 Å². The Kier molecular flexibility index (Phi) is 6.95. The summed E-state index contributed by atoms with van der Waals surface area (Å²) in [4.78, 5) is 12.4. The van der Waals surface area contributed by atoms with E-state index >= 15 is 0 Å². The van der Waals surface area contributed by atoms with Crippen molar-refractivity contribution in [1.29, 1.82) is 0 Å². The van der Waals surface area contributed by atoms with Gasteiger partial charge in [-0.1, -0.05) is 133 Å². The second-order valence-electron chi connectivity index (χ2n) is 16.9. The van der Waals surface area contributed by atoms with Gasteiger partial charge in [0.05, 0.1) is 22.1 Å². The number of nitrogens with zero attached hydrogens (tertiary/aromatic N) is 4. The molecular formula is C58H32N4S2. The summed E-state index contributed by atoms with van der Waals surface area (Å²) in [6.07, 6.45) is 0. The monoisotopic (exact) mass is 848 g/mol. The standard InChI is InChI=1S/C58H32N4S2/c1-2-16-36(17-3-1)61-47-24-12-10-20-39(47)43-29-35(26-27-49(43)61)54-57(59-55-46-28-33-14-4-5-15-34(33)30-51(46)64-58(55)60-54)62-48-25-13-11-21-40(48)44-31-45-52(32-50(44)62)63-56-42-23-9-7-19-38(42)37-18-6-8-22-41(37)53(45)56/h1-32H. The van der Waals surface area contributed by atoms with Crippen LogP contribution in [0, 0.1) is 0 Å². The molecule has 0 fully saturated rings. The predicted octanol–water partition coefficient (Wildman–Crippen LogP) is 16.5. The van der Waals surface area contributed by atoms with E-state index in [0.29, 0.717) is 0 Å². The molecule has 0 N–H and O–H groups in total. The van der Waals surface area contributed by atoms with Crippen molar-refractivity contribution in [3.05, 3.63) is 194 Å². The molecule has 0 bridgehead atoms. The zero-order valence-corrected chi connectivity index (χ0v) is 35.7. The number of thiophene rings is 2. The molecule has 10 aromatic carbocycles. The van der Waals surface area contributed by atoms with E-state index < -0.39 is 0 Å². The van der Waals surface area contributed by atoms with E-state index in [2.05, 4.69) is 203 Å². The first-order valence-electron chi connectivity index (χ1n) is 21.6. The van der Waals surface area contributed by atoms with Gasteiger partial charge in [-0.25, -0.2) is 9.97 Å². The Bertz CT molecular complexity index is 4490. The van der Waals surface area contributed by atoms with Crippen molar-refractivity contribution in [2.45, 2.75) is 0 Å². The van der Waals surface area contributed by atoms with Gasteiger partial charge in [0.2, 0.25) is 0 Å². The topological polar surface area (TPSA) is 35.6 Å². The summed E-state index contributed by atoms with van der Waals surface area (Å²) in [5.74, 6) is 0.828. The Morgan fingerprint density at radius 2 is 0.953 bits per heavy atom. The lowest BCUT2D eigenvalue weighted by Crippen LogP contribution is -2.03. The summed E-state index contributed by atoms with van der Waals surface area (Å²) >= 11 is 3.62. The van der Waals surface area contributed by atoms with E-state index in [0.717, 1.165) is 55.0 Å². The van der Waals surface area contributed by atoms with Gasteiger partial charge in [0.1, 0.15) is 16.0 Å². The quantitative estimate of drug-likeness (QED) is 0.166. The van der Waals surface area contributed by atoms with Crippen LogP contribution < -0.4 is 0 Å². The Labute approximate surface area is 373 Å². The van der Waals surface area contributed by atoms with Crippen molar-refractivity contribution < 1.29 is 0 Å². The first-order valence-corrected chi connectivity index (χ1v) is 23.3. The Morgan fingerprint density at radius 3 is 1.73 bits per heavy atom. The first-order chi connectivity index (χ1) is 31.7. The van der Waals surface area contributed by atoms with Gasteiger partial charge in [0.25, 0.3) is 0 Å². The van der Waals surface area contributed by atoms with Crippen LogP contribution in [-0.2, 0) is 0 Å². The van der Waals surface area contributed by atoms with Crippen LogP contribution in [0.15, 0.2) is 194 Å². The number of hydrogen-bond donors (Lipinski definition) is 0. The fraction of sp³-hybridized carbons (Fsp3) is 0. The zero-order chi connectivity index (χ0) is 41.6. The SMILES string of the molecule is c1ccc(-n2c3ccccc3c3cc(-c4nc5sc6cc7ccccc7cc6c5nc4-n4c5ccccc5c5cc6c(cc54)sc4c5ccccc5c5ccccc5c64)ccc32)cc1. The van der Waals surface area contributed by atoms with Crippen LogP contribution in [0.25, 0.3) is 139 Å². The van der Waals surface area contributed by atoms with Crippen molar-refractivity contribution in [2.75, 3.05) is 0 Å². The van der Waals surface area contributed by atoms with Crippen molar-refractivity contribution in [3.63, 3.8) is 0 Å². The highest BCUT2D eigenvalue weighted by atomic mass is 32.1. The molecule has 4 nitrogen and oxygen atoms in total. The third-order valence-electron chi connectivity index (χ3n) is 13.5. The second-order valence-corrected chi connectivity index (χ2v) is 19.0. The number of benzene rings is 10. The van der Waals surface area contributed by atoms with Crippen LogP contribution in [0.5, 0.6) is 0 Å². The van der Waals surface area contributed by atoms with Crippen molar-refractivity contribution >= 4 is 139 Å². The first kappa shape index (κ1) is 34.7. The van der Waals surface area contributed by atoms with E-state index in [9.17, 15) is 0 Å². The molecular weight excluding hydrogens is 817 g/mol. The minimum atomic E-state index is 0.828. The van der Waals surface area contributed by atoms with Crippen LogP contribution in [0.2, 0.25) is 0 Å². The van der Waals surface area contributed by atoms with Crippen LogP contribution in [-0.4, -0.2) is 19.1 Å². The van der Waals surface area contributed by atoms with Crippen LogP contribution in [0.1, 0.15) is 0 Å². The summed E-state index contributed by atoms with van der Waals surface area (Å²) < 4.78 is 8.54. The fourth-order valence-electron chi connectivity index (χ4n) is 10.7. The molecule has 15 rings (SSSR count). The molecule has 0 aliphatic rings. The van der Waals surface area contributed by atoms with Gasteiger partial charge in [-0.3, -0.25) is 4.57 Å². The van der Waals surface area contributed by atoms with Gasteiger partial charge >= 0.3 is 0 Å². The predicted molar refractivity (Wildman–Crippen MR) is 274 cm³/mol. The summed E-state index contributed by atoms with van der Waals surface area (Å²) in [6, 6.07) is 70.9. The Balaban J connectivity index is 1.07. The van der Waals surface area contributed by atoms with E-state index in [1.54, 1.807) is 11.3 Å². The molecule has 0 spiro atoms. The number of rotatable bonds is 3. The number of hydrogen-bond acceptors (Lipinski definition) is 4. The summed E-state index contributed by atoms with van der Waals surface area (Å²) in [7, 11) is 0. The van der Waals surface area contributed by atoms with Gasteiger partial charge in [-0.2, -0.15) is 0 Å². The van der Waals surface area contributed by atoms with Crippen LogP contribution >= 0.6 is 22.7 Å². The maximum Gasteiger partial charge on any atom is 0.165 e. The largest absolute Gasteiger partial charge is 0.309 e. The third kappa shape index (κ3) is 4.70. The number of aromatic nitrogens is 4. The maximum atomic E-state index is 5.80. The fourth-order valence-corrected chi connectivity index (χ4v) is 13.0. The third-order valence-corrected chi connectivity index (χ3v) is 15.7. The lowest BCUT2D eigenvalue weighted by molar-refractivity contribution is 1.09. The molecule has 0 saturated heterocycles. The summed E-state index contributed by atoms with van der Waals surface area (Å²) in [6.45, 7) is 0. The molecule has 5 heterocycles. The number of para-hydroxylation sites is 3. The number of fused-ring (bicyclic) bond motifs is 18. The van der Waals surface area contributed by atoms with E-state index in [1.165, 1.54) is 84.3 Å². The Morgan fingerprint density at radius 1 is 0.359 bits per heavy atom. The molecule has 64 heavy (non-hydrogen) atoms. The maximum absolute atomic E-state index is 5.80. The molecule has 0 aliphatic carbocycles.